The maximum absolute atomic E-state index is 14.2. The first-order valence-corrected chi connectivity index (χ1v) is 10.3. The zero-order valence-corrected chi connectivity index (χ0v) is 16.7. The summed E-state index contributed by atoms with van der Waals surface area (Å²) in [7, 11) is -3.83. The van der Waals surface area contributed by atoms with Crippen LogP contribution in [0.2, 0.25) is 0 Å². The summed E-state index contributed by atoms with van der Waals surface area (Å²) in [4.78, 5) is 12.4. The van der Waals surface area contributed by atoms with Crippen molar-refractivity contribution in [2.75, 3.05) is 25.1 Å². The highest BCUT2D eigenvalue weighted by Gasteiger charge is 2.20. The van der Waals surface area contributed by atoms with E-state index in [0.717, 1.165) is 18.2 Å². The van der Waals surface area contributed by atoms with Gasteiger partial charge < -0.3 is 14.8 Å². The van der Waals surface area contributed by atoms with Crippen LogP contribution in [0.5, 0.6) is 11.5 Å². The van der Waals surface area contributed by atoms with Crippen LogP contribution in [0, 0.1) is 5.82 Å². The molecule has 2 N–H and O–H groups in total. The Bertz CT molecular complexity index is 947. The molecule has 0 spiro atoms. The second kappa shape index (κ2) is 9.52. The molecule has 28 heavy (non-hydrogen) atoms. The molecule has 2 aromatic carbocycles. The van der Waals surface area contributed by atoms with Crippen LogP contribution >= 0.6 is 0 Å². The van der Waals surface area contributed by atoms with Crippen molar-refractivity contribution in [2.24, 2.45) is 0 Å². The summed E-state index contributed by atoms with van der Waals surface area (Å²) >= 11 is 0. The number of nitrogens with one attached hydrogen (secondary N) is 2. The molecule has 0 radical (unpaired) electrons. The standard InChI is InChI=1S/C19H23FN2O5S/c1-4-21-28(24,25)14-8-9-16(20)15(12-14)19(23)22-17-11-13(26-5-2)7-10-18(17)27-6-3/h7-12,21H,4-6H2,1-3H3,(H,22,23). The average Bonchev–Trinajstić information content (AvgIpc) is 2.64. The van der Waals surface area contributed by atoms with Gasteiger partial charge in [0.2, 0.25) is 10.0 Å². The Morgan fingerprint density at radius 2 is 1.75 bits per heavy atom. The molecule has 0 aliphatic carbocycles. The molecule has 152 valence electrons. The molecule has 2 aromatic rings. The highest BCUT2D eigenvalue weighted by molar-refractivity contribution is 7.89. The number of rotatable bonds is 9. The Hall–Kier alpha value is -2.65. The highest BCUT2D eigenvalue weighted by Crippen LogP contribution is 2.30. The normalized spacial score (nSPS) is 11.1. The minimum atomic E-state index is -3.83. The molecule has 0 heterocycles. The van der Waals surface area contributed by atoms with E-state index in [4.69, 9.17) is 9.47 Å². The van der Waals surface area contributed by atoms with Crippen molar-refractivity contribution < 1.29 is 27.1 Å². The number of sulfonamides is 1. The van der Waals surface area contributed by atoms with Crippen molar-refractivity contribution in [1.82, 2.24) is 4.72 Å². The molecule has 1 amide bonds. The molecule has 0 fully saturated rings. The summed E-state index contributed by atoms with van der Waals surface area (Å²) in [6, 6.07) is 7.92. The zero-order valence-electron chi connectivity index (χ0n) is 15.9. The average molecular weight is 410 g/mol. The predicted octanol–water partition coefficient (Wildman–Crippen LogP) is 3.17. The van der Waals surface area contributed by atoms with Crippen LogP contribution in [0.3, 0.4) is 0 Å². The summed E-state index contributed by atoms with van der Waals surface area (Å²) in [6.07, 6.45) is 0. The number of halogens is 1. The van der Waals surface area contributed by atoms with E-state index >= 15 is 0 Å². The van der Waals surface area contributed by atoms with Gasteiger partial charge in [-0.15, -0.1) is 0 Å². The number of benzene rings is 2. The van der Waals surface area contributed by atoms with E-state index in [0.29, 0.717) is 24.7 Å². The molecule has 0 atom stereocenters. The van der Waals surface area contributed by atoms with Crippen LogP contribution in [0.15, 0.2) is 41.3 Å². The smallest absolute Gasteiger partial charge is 0.258 e. The van der Waals surface area contributed by atoms with E-state index < -0.39 is 27.3 Å². The van der Waals surface area contributed by atoms with E-state index in [1.807, 2.05) is 6.92 Å². The molecule has 0 unspecified atom stereocenters. The molecule has 0 saturated carbocycles. The largest absolute Gasteiger partial charge is 0.494 e. The lowest BCUT2D eigenvalue weighted by atomic mass is 10.2. The fraction of sp³-hybridized carbons (Fsp3) is 0.316. The van der Waals surface area contributed by atoms with Crippen LogP contribution < -0.4 is 19.5 Å². The first-order chi connectivity index (χ1) is 13.3. The lowest BCUT2D eigenvalue weighted by Crippen LogP contribution is -2.24. The Balaban J connectivity index is 2.38. The van der Waals surface area contributed by atoms with E-state index in [9.17, 15) is 17.6 Å². The van der Waals surface area contributed by atoms with Gasteiger partial charge in [-0.25, -0.2) is 17.5 Å². The van der Waals surface area contributed by atoms with Gasteiger partial charge in [0.15, 0.2) is 0 Å². The monoisotopic (exact) mass is 410 g/mol. The summed E-state index contributed by atoms with van der Waals surface area (Å²) in [5.41, 5.74) is -0.111. The van der Waals surface area contributed by atoms with Crippen molar-refractivity contribution in [1.29, 1.82) is 0 Å². The fourth-order valence-corrected chi connectivity index (χ4v) is 3.52. The van der Waals surface area contributed by atoms with Crippen molar-refractivity contribution in [3.63, 3.8) is 0 Å². The fourth-order valence-electron chi connectivity index (χ4n) is 2.45. The second-order valence-corrected chi connectivity index (χ2v) is 7.39. The van der Waals surface area contributed by atoms with Crippen LogP contribution in [-0.2, 0) is 10.0 Å². The highest BCUT2D eigenvalue weighted by atomic mass is 32.2. The quantitative estimate of drug-likeness (QED) is 0.662. The van der Waals surface area contributed by atoms with Crippen molar-refractivity contribution in [2.45, 2.75) is 25.7 Å². The van der Waals surface area contributed by atoms with E-state index in [2.05, 4.69) is 10.0 Å². The van der Waals surface area contributed by atoms with Gasteiger partial charge in [-0.3, -0.25) is 4.79 Å². The van der Waals surface area contributed by atoms with Crippen molar-refractivity contribution in [3.8, 4) is 11.5 Å². The van der Waals surface area contributed by atoms with Gasteiger partial charge in [0.1, 0.15) is 17.3 Å². The van der Waals surface area contributed by atoms with Gasteiger partial charge in [-0.1, -0.05) is 6.92 Å². The van der Waals surface area contributed by atoms with Crippen molar-refractivity contribution >= 4 is 21.6 Å². The van der Waals surface area contributed by atoms with Gasteiger partial charge in [0.05, 0.1) is 29.4 Å². The molecule has 0 bridgehead atoms. The minimum absolute atomic E-state index is 0.170. The number of hydrogen-bond donors (Lipinski definition) is 2. The van der Waals surface area contributed by atoms with Crippen LogP contribution in [0.1, 0.15) is 31.1 Å². The number of anilines is 1. The molecule has 2 rings (SSSR count). The number of carbonyl (C=O) groups is 1. The molecule has 7 nitrogen and oxygen atoms in total. The van der Waals surface area contributed by atoms with E-state index in [1.165, 1.54) is 0 Å². The molecule has 0 aliphatic heterocycles. The SMILES string of the molecule is CCNS(=O)(=O)c1ccc(F)c(C(=O)Nc2cc(OCC)ccc2OCC)c1. The van der Waals surface area contributed by atoms with Gasteiger partial charge in [0, 0.05) is 12.6 Å². The van der Waals surface area contributed by atoms with Gasteiger partial charge in [0.25, 0.3) is 5.91 Å². The Morgan fingerprint density at radius 1 is 1.04 bits per heavy atom. The van der Waals surface area contributed by atoms with Gasteiger partial charge in [-0.05, 0) is 44.2 Å². The second-order valence-electron chi connectivity index (χ2n) is 5.62. The predicted molar refractivity (Wildman–Crippen MR) is 104 cm³/mol. The molecule has 0 aromatic heterocycles. The number of amides is 1. The summed E-state index contributed by atoms with van der Waals surface area (Å²) in [5.74, 6) is -0.756. The van der Waals surface area contributed by atoms with Crippen molar-refractivity contribution in [3.05, 3.63) is 47.8 Å². The summed E-state index contributed by atoms with van der Waals surface area (Å²) in [5, 5.41) is 2.56. The first kappa shape index (κ1) is 21.6. The Kier molecular flexibility index (Phi) is 7.36. The third-order valence-corrected chi connectivity index (χ3v) is 5.18. The van der Waals surface area contributed by atoms with E-state index in [-0.39, 0.29) is 17.1 Å². The maximum Gasteiger partial charge on any atom is 0.258 e. The summed E-state index contributed by atoms with van der Waals surface area (Å²) < 4.78 is 51.7. The molecule has 0 saturated heterocycles. The number of hydrogen-bond acceptors (Lipinski definition) is 5. The third kappa shape index (κ3) is 5.20. The van der Waals surface area contributed by atoms with Crippen LogP contribution in [0.25, 0.3) is 0 Å². The molecular weight excluding hydrogens is 387 g/mol. The van der Waals surface area contributed by atoms with Crippen LogP contribution in [-0.4, -0.2) is 34.1 Å². The molecular formula is C19H23FN2O5S. The lowest BCUT2D eigenvalue weighted by molar-refractivity contribution is 0.102. The molecule has 0 aliphatic rings. The van der Waals surface area contributed by atoms with Gasteiger partial charge in [-0.2, -0.15) is 0 Å². The molecule has 9 heteroatoms. The Morgan fingerprint density at radius 3 is 2.39 bits per heavy atom. The number of carbonyl (C=O) groups excluding carboxylic acids is 1. The van der Waals surface area contributed by atoms with Gasteiger partial charge >= 0.3 is 0 Å². The third-order valence-electron chi connectivity index (χ3n) is 3.64. The zero-order chi connectivity index (χ0) is 20.7. The minimum Gasteiger partial charge on any atom is -0.494 e. The summed E-state index contributed by atoms with van der Waals surface area (Å²) in [6.45, 7) is 6.19. The Labute approximate surface area is 163 Å². The van der Waals surface area contributed by atoms with E-state index in [1.54, 1.807) is 32.0 Å². The maximum atomic E-state index is 14.2. The topological polar surface area (TPSA) is 93.7 Å². The first-order valence-electron chi connectivity index (χ1n) is 8.82. The lowest BCUT2D eigenvalue weighted by Gasteiger charge is -2.14. The number of ether oxygens (including phenoxy) is 2. The van der Waals surface area contributed by atoms with Crippen LogP contribution in [0.4, 0.5) is 10.1 Å².